The first-order valence-electron chi connectivity index (χ1n) is 8.85. The molecule has 0 unspecified atom stereocenters. The van der Waals surface area contributed by atoms with Crippen molar-refractivity contribution in [1.29, 1.82) is 0 Å². The normalized spacial score (nSPS) is 20.9. The number of carbonyl (C=O) groups excluding carboxylic acids is 3. The Labute approximate surface area is 170 Å². The quantitative estimate of drug-likeness (QED) is 0.792. The molecule has 1 aromatic heterocycles. The Morgan fingerprint density at radius 3 is 2.79 bits per heavy atom. The van der Waals surface area contributed by atoms with Gasteiger partial charge in [0.25, 0.3) is 0 Å². The number of fused-ring (bicyclic) bond motifs is 1. The van der Waals surface area contributed by atoms with Gasteiger partial charge in [0.1, 0.15) is 24.7 Å². The Bertz CT molecular complexity index is 1010. The van der Waals surface area contributed by atoms with Crippen molar-refractivity contribution in [1.82, 2.24) is 25.0 Å². The monoisotopic (exact) mass is 418 g/mol. The van der Waals surface area contributed by atoms with Crippen LogP contribution in [-0.2, 0) is 4.79 Å². The summed E-state index contributed by atoms with van der Waals surface area (Å²) in [5, 5.41) is 7.52. The number of aromatic nitrogens is 1. The summed E-state index contributed by atoms with van der Waals surface area (Å²) in [6.45, 7) is 1.45. The lowest BCUT2D eigenvalue weighted by molar-refractivity contribution is -0.117. The Hall–Kier alpha value is -3.21. The molecule has 3 heterocycles. The largest absolute Gasteiger partial charge is 0.323 e. The zero-order chi connectivity index (χ0) is 20.9. The number of likely N-dealkylation sites (N-methyl/N-ethyl adjacent to an activating group) is 2. The third-order valence-electron chi connectivity index (χ3n) is 5.07. The number of hydrogen-bond donors (Lipinski definition) is 2. The Morgan fingerprint density at radius 1 is 1.31 bits per heavy atom. The van der Waals surface area contributed by atoms with Gasteiger partial charge in [0, 0.05) is 25.0 Å². The number of carbonyl (C=O) groups is 3. The second kappa shape index (κ2) is 6.99. The van der Waals surface area contributed by atoms with E-state index in [2.05, 4.69) is 15.6 Å². The number of amides is 5. The van der Waals surface area contributed by atoms with Gasteiger partial charge >= 0.3 is 12.1 Å². The number of urea groups is 2. The van der Waals surface area contributed by atoms with Crippen molar-refractivity contribution in [2.45, 2.75) is 19.3 Å². The summed E-state index contributed by atoms with van der Waals surface area (Å²) >= 11 is 1.23. The molecule has 152 valence electrons. The van der Waals surface area contributed by atoms with E-state index < -0.39 is 24.3 Å². The van der Waals surface area contributed by atoms with Gasteiger partial charge in [-0.05, 0) is 30.7 Å². The van der Waals surface area contributed by atoms with Gasteiger partial charge in [-0.2, -0.15) is 0 Å². The second-order valence-corrected chi connectivity index (χ2v) is 7.85. The van der Waals surface area contributed by atoms with Crippen molar-refractivity contribution in [2.24, 2.45) is 0 Å². The fraction of sp³-hybridized carbons (Fsp3) is 0.333. The topological polar surface area (TPSA) is 97.9 Å². The number of rotatable bonds is 4. The van der Waals surface area contributed by atoms with Crippen LogP contribution >= 0.6 is 11.3 Å². The van der Waals surface area contributed by atoms with Gasteiger partial charge in [-0.1, -0.05) is 0 Å². The van der Waals surface area contributed by atoms with Crippen molar-refractivity contribution in [3.05, 3.63) is 35.0 Å². The summed E-state index contributed by atoms with van der Waals surface area (Å²) < 4.78 is 13.4. The molecule has 29 heavy (non-hydrogen) atoms. The van der Waals surface area contributed by atoms with E-state index >= 15 is 0 Å². The van der Waals surface area contributed by atoms with Gasteiger partial charge in [-0.3, -0.25) is 9.69 Å². The van der Waals surface area contributed by atoms with Crippen LogP contribution in [0.1, 0.15) is 5.56 Å². The van der Waals surface area contributed by atoms with E-state index in [9.17, 15) is 18.8 Å². The molecule has 2 fully saturated rings. The van der Waals surface area contributed by atoms with Crippen molar-refractivity contribution in [3.8, 4) is 11.3 Å². The van der Waals surface area contributed by atoms with Gasteiger partial charge in [0.05, 0.1) is 5.69 Å². The van der Waals surface area contributed by atoms with Crippen LogP contribution in [0.25, 0.3) is 11.3 Å². The molecule has 2 saturated heterocycles. The first-order valence-corrected chi connectivity index (χ1v) is 9.73. The van der Waals surface area contributed by atoms with Crippen molar-refractivity contribution in [2.75, 3.05) is 26.0 Å². The summed E-state index contributed by atoms with van der Waals surface area (Å²) in [6, 6.07) is 4.05. The first-order chi connectivity index (χ1) is 13.8. The van der Waals surface area contributed by atoms with Crippen molar-refractivity contribution in [3.63, 3.8) is 0 Å². The summed E-state index contributed by atoms with van der Waals surface area (Å²) in [4.78, 5) is 45.3. The zero-order valence-corrected chi connectivity index (χ0v) is 16.8. The van der Waals surface area contributed by atoms with E-state index in [0.717, 1.165) is 5.56 Å². The summed E-state index contributed by atoms with van der Waals surface area (Å²) in [5.41, 5.74) is 1.88. The van der Waals surface area contributed by atoms with Crippen LogP contribution in [0.3, 0.4) is 0 Å². The average molecular weight is 418 g/mol. The number of nitrogens with one attached hydrogen (secondary N) is 2. The summed E-state index contributed by atoms with van der Waals surface area (Å²) in [7, 11) is 3.19. The molecule has 0 aliphatic carbocycles. The van der Waals surface area contributed by atoms with Crippen molar-refractivity contribution >= 4 is 34.4 Å². The third-order valence-corrected chi connectivity index (χ3v) is 5.83. The van der Waals surface area contributed by atoms with E-state index in [1.54, 1.807) is 38.5 Å². The predicted octanol–water partition coefficient (Wildman–Crippen LogP) is 1.87. The molecule has 2 aliphatic heterocycles. The Morgan fingerprint density at radius 2 is 2.07 bits per heavy atom. The number of nitrogens with zero attached hydrogens (tertiary/aromatic N) is 4. The summed E-state index contributed by atoms with van der Waals surface area (Å²) in [6.07, 6.45) is -1.05. The molecule has 1 aromatic carbocycles. The van der Waals surface area contributed by atoms with E-state index in [0.29, 0.717) is 16.4 Å². The number of aryl methyl sites for hydroxylation is 1. The molecular weight excluding hydrogens is 399 g/mol. The molecular formula is C18H19FN6O3S. The average Bonchev–Trinajstić information content (AvgIpc) is 3.32. The molecule has 11 heteroatoms. The molecule has 2 aliphatic rings. The van der Waals surface area contributed by atoms with Crippen LogP contribution in [0.15, 0.2) is 23.6 Å². The molecule has 0 spiro atoms. The highest BCUT2D eigenvalue weighted by Gasteiger charge is 2.52. The van der Waals surface area contributed by atoms with Crippen LogP contribution in [0.4, 0.5) is 19.1 Å². The summed E-state index contributed by atoms with van der Waals surface area (Å²) in [5.74, 6) is -0.715. The molecule has 9 nitrogen and oxygen atoms in total. The molecule has 2 N–H and O–H groups in total. The molecule has 2 atom stereocenters. The van der Waals surface area contributed by atoms with Gasteiger partial charge in [-0.15, -0.1) is 11.3 Å². The molecule has 0 bridgehead atoms. The zero-order valence-electron chi connectivity index (χ0n) is 16.0. The Kier molecular flexibility index (Phi) is 4.61. The van der Waals surface area contributed by atoms with E-state index in [1.807, 2.05) is 0 Å². The van der Waals surface area contributed by atoms with Crippen LogP contribution in [0, 0.1) is 12.7 Å². The van der Waals surface area contributed by atoms with Gasteiger partial charge < -0.3 is 20.4 Å². The maximum atomic E-state index is 13.4. The fourth-order valence-corrected chi connectivity index (χ4v) is 4.26. The number of hydrogen-bond acceptors (Lipinski definition) is 5. The number of halogens is 1. The highest BCUT2D eigenvalue weighted by atomic mass is 32.1. The van der Waals surface area contributed by atoms with Crippen molar-refractivity contribution < 1.29 is 18.8 Å². The van der Waals surface area contributed by atoms with Crippen LogP contribution in [0.2, 0.25) is 0 Å². The highest BCUT2D eigenvalue weighted by Crippen LogP contribution is 2.28. The fourth-order valence-electron chi connectivity index (χ4n) is 3.52. The van der Waals surface area contributed by atoms with E-state index in [4.69, 9.17) is 0 Å². The minimum Gasteiger partial charge on any atom is -0.314 e. The molecule has 5 amide bonds. The SMILES string of the molecule is Cc1cc(-c2csc(NC(=O)CN3C(=O)N[C@H]4[C@H]3N(C)C(=O)N4C)n2)ccc1F. The maximum absolute atomic E-state index is 13.4. The Balaban J connectivity index is 1.44. The number of thiazole rings is 1. The highest BCUT2D eigenvalue weighted by molar-refractivity contribution is 7.14. The smallest absolute Gasteiger partial charge is 0.314 e. The molecule has 2 aromatic rings. The lowest BCUT2D eigenvalue weighted by Crippen LogP contribution is -2.47. The minimum absolute atomic E-state index is 0.219. The van der Waals surface area contributed by atoms with E-state index in [-0.39, 0.29) is 18.4 Å². The second-order valence-electron chi connectivity index (χ2n) is 6.99. The van der Waals surface area contributed by atoms with Crippen LogP contribution < -0.4 is 10.6 Å². The molecule has 0 saturated carbocycles. The first kappa shape index (κ1) is 19.1. The van der Waals surface area contributed by atoms with Crippen LogP contribution in [-0.4, -0.2) is 70.6 Å². The standard InChI is InChI=1S/C18H19FN6O3S/c1-9-6-10(4-5-11(9)19)12-8-29-16(20-12)21-13(26)7-25-15-14(22-17(25)27)23(2)18(28)24(15)3/h4-6,8,14-15H,7H2,1-3H3,(H,22,27)(H,20,21,26)/t14-,15+/m1/s1. The lowest BCUT2D eigenvalue weighted by atomic mass is 10.1. The maximum Gasteiger partial charge on any atom is 0.323 e. The van der Waals surface area contributed by atoms with Crippen LogP contribution in [0.5, 0.6) is 0 Å². The lowest BCUT2D eigenvalue weighted by Gasteiger charge is -2.25. The van der Waals surface area contributed by atoms with Gasteiger partial charge in [0.2, 0.25) is 5.91 Å². The van der Waals surface area contributed by atoms with E-state index in [1.165, 1.54) is 32.1 Å². The third kappa shape index (κ3) is 3.27. The number of anilines is 1. The predicted molar refractivity (Wildman–Crippen MR) is 105 cm³/mol. The minimum atomic E-state index is -0.556. The van der Waals surface area contributed by atoms with Gasteiger partial charge in [0.15, 0.2) is 5.13 Å². The number of benzene rings is 1. The molecule has 4 rings (SSSR count). The molecule has 0 radical (unpaired) electrons. The van der Waals surface area contributed by atoms with Gasteiger partial charge in [-0.25, -0.2) is 19.0 Å².